The molecule has 0 bridgehead atoms. The van der Waals surface area contributed by atoms with Crippen molar-refractivity contribution in [3.8, 4) is 0 Å². The minimum Gasteiger partial charge on any atom is -0.378 e. The third-order valence-corrected chi connectivity index (χ3v) is 6.71. The van der Waals surface area contributed by atoms with Crippen LogP contribution >= 0.6 is 11.3 Å². The zero-order chi connectivity index (χ0) is 15.7. The topological polar surface area (TPSA) is 79.8 Å². The zero-order valence-electron chi connectivity index (χ0n) is 12.4. The van der Waals surface area contributed by atoms with Gasteiger partial charge in [0.1, 0.15) is 0 Å². The number of morpholine rings is 1. The summed E-state index contributed by atoms with van der Waals surface area (Å²) in [6, 6.07) is 0. The van der Waals surface area contributed by atoms with Crippen molar-refractivity contribution in [1.29, 1.82) is 0 Å². The Kier molecular flexibility index (Phi) is 4.37. The van der Waals surface area contributed by atoms with Gasteiger partial charge >= 0.3 is 0 Å². The van der Waals surface area contributed by atoms with Crippen LogP contribution in [0, 0.1) is 0 Å². The third-order valence-electron chi connectivity index (χ3n) is 3.86. The maximum absolute atomic E-state index is 12.5. The highest BCUT2D eigenvalue weighted by Crippen LogP contribution is 2.34. The second kappa shape index (κ2) is 6.13. The maximum atomic E-state index is 12.5. The number of sulfonamides is 1. The second-order valence-corrected chi connectivity index (χ2v) is 8.51. The number of nitrogens with zero attached hydrogens (tertiary/aromatic N) is 3. The number of rotatable bonds is 3. The van der Waals surface area contributed by atoms with E-state index in [0.29, 0.717) is 43.7 Å². The van der Waals surface area contributed by atoms with Gasteiger partial charge in [-0.25, -0.2) is 13.4 Å². The monoisotopic (exact) mass is 345 g/mol. The molecule has 3 rings (SSSR count). The van der Waals surface area contributed by atoms with Crippen molar-refractivity contribution < 1.29 is 17.9 Å². The molecule has 0 unspecified atom stereocenters. The van der Waals surface area contributed by atoms with Crippen LogP contribution in [0.25, 0.3) is 0 Å². The Morgan fingerprint density at radius 2 is 2.05 bits per heavy atom. The van der Waals surface area contributed by atoms with E-state index in [-0.39, 0.29) is 11.7 Å². The predicted molar refractivity (Wildman–Crippen MR) is 84.0 cm³/mol. The SMILES string of the molecule is CCS(=O)(=O)N1CCCc2sc(C(=O)N3CCOCC3)nc21. The predicted octanol–water partition coefficient (Wildman–Crippen LogP) is 0.718. The fourth-order valence-corrected chi connectivity index (χ4v) is 4.88. The minimum absolute atomic E-state index is 0.0384. The molecule has 0 radical (unpaired) electrons. The van der Waals surface area contributed by atoms with E-state index < -0.39 is 10.0 Å². The van der Waals surface area contributed by atoms with Crippen LogP contribution in [-0.2, 0) is 21.2 Å². The summed E-state index contributed by atoms with van der Waals surface area (Å²) in [5, 5.41) is 0.380. The van der Waals surface area contributed by atoms with E-state index in [1.807, 2.05) is 0 Å². The first kappa shape index (κ1) is 15.7. The van der Waals surface area contributed by atoms with E-state index in [4.69, 9.17) is 4.74 Å². The Bertz CT molecular complexity index is 665. The molecule has 1 aromatic rings. The van der Waals surface area contributed by atoms with E-state index in [0.717, 1.165) is 17.7 Å². The van der Waals surface area contributed by atoms with Crippen LogP contribution in [0.4, 0.5) is 5.82 Å². The Balaban J connectivity index is 1.89. The standard InChI is InChI=1S/C13H19N3O4S2/c1-2-22(18,19)16-5-3-4-10-11(16)14-12(21-10)13(17)15-6-8-20-9-7-15/h2-9H2,1H3. The Hall–Kier alpha value is -1.19. The normalized spacial score (nSPS) is 19.1. The summed E-state index contributed by atoms with van der Waals surface area (Å²) in [7, 11) is -3.34. The van der Waals surface area contributed by atoms with E-state index in [9.17, 15) is 13.2 Å². The molecule has 9 heteroatoms. The van der Waals surface area contributed by atoms with Gasteiger partial charge in [0.2, 0.25) is 10.0 Å². The molecule has 0 aliphatic carbocycles. The highest BCUT2D eigenvalue weighted by molar-refractivity contribution is 7.92. The van der Waals surface area contributed by atoms with Crippen molar-refractivity contribution in [2.45, 2.75) is 19.8 Å². The number of amides is 1. The molecule has 1 aromatic heterocycles. The summed E-state index contributed by atoms with van der Waals surface area (Å²) < 4.78 is 31.0. The third kappa shape index (κ3) is 2.84. The van der Waals surface area contributed by atoms with Crippen molar-refractivity contribution in [1.82, 2.24) is 9.88 Å². The fraction of sp³-hybridized carbons (Fsp3) is 0.692. The first-order valence-electron chi connectivity index (χ1n) is 7.40. The summed E-state index contributed by atoms with van der Waals surface area (Å²) in [4.78, 5) is 19.5. The number of fused-ring (bicyclic) bond motifs is 1. The van der Waals surface area contributed by atoms with Crippen LogP contribution in [0.15, 0.2) is 0 Å². The highest BCUT2D eigenvalue weighted by Gasteiger charge is 2.32. The first-order valence-corrected chi connectivity index (χ1v) is 9.82. The number of aromatic nitrogens is 1. The van der Waals surface area contributed by atoms with Gasteiger partial charge < -0.3 is 9.64 Å². The van der Waals surface area contributed by atoms with Gasteiger partial charge in [-0.3, -0.25) is 9.10 Å². The lowest BCUT2D eigenvalue weighted by Gasteiger charge is -2.26. The highest BCUT2D eigenvalue weighted by atomic mass is 32.2. The molecule has 122 valence electrons. The summed E-state index contributed by atoms with van der Waals surface area (Å²) >= 11 is 1.32. The Morgan fingerprint density at radius 3 is 2.73 bits per heavy atom. The smallest absolute Gasteiger partial charge is 0.283 e. The molecule has 0 N–H and O–H groups in total. The summed E-state index contributed by atoms with van der Waals surface area (Å²) in [6.45, 7) is 4.24. The quantitative estimate of drug-likeness (QED) is 0.806. The van der Waals surface area contributed by atoms with Crippen molar-refractivity contribution in [3.05, 3.63) is 9.88 Å². The van der Waals surface area contributed by atoms with Crippen LogP contribution in [0.5, 0.6) is 0 Å². The largest absolute Gasteiger partial charge is 0.378 e. The first-order chi connectivity index (χ1) is 10.5. The number of hydrogen-bond acceptors (Lipinski definition) is 6. The molecule has 0 saturated carbocycles. The number of carbonyl (C=O) groups excluding carboxylic acids is 1. The Morgan fingerprint density at radius 1 is 1.32 bits per heavy atom. The van der Waals surface area contributed by atoms with Crippen LogP contribution in [0.1, 0.15) is 28.0 Å². The lowest BCUT2D eigenvalue weighted by Crippen LogP contribution is -2.40. The van der Waals surface area contributed by atoms with E-state index in [1.54, 1.807) is 11.8 Å². The van der Waals surface area contributed by atoms with Crippen LogP contribution in [0.2, 0.25) is 0 Å². The molecule has 7 nitrogen and oxygen atoms in total. The number of hydrogen-bond donors (Lipinski definition) is 0. The molecule has 1 saturated heterocycles. The molecule has 3 heterocycles. The molecular formula is C13H19N3O4S2. The number of carbonyl (C=O) groups is 1. The van der Waals surface area contributed by atoms with Gasteiger partial charge in [0.15, 0.2) is 10.8 Å². The van der Waals surface area contributed by atoms with Crippen LogP contribution in [0.3, 0.4) is 0 Å². The van der Waals surface area contributed by atoms with Crippen LogP contribution in [-0.4, -0.2) is 62.8 Å². The van der Waals surface area contributed by atoms with Gasteiger partial charge in [0.05, 0.1) is 23.8 Å². The average Bonchev–Trinajstić information content (AvgIpc) is 2.98. The number of ether oxygens (including phenoxy) is 1. The van der Waals surface area contributed by atoms with E-state index in [1.165, 1.54) is 15.6 Å². The van der Waals surface area contributed by atoms with Gasteiger partial charge in [-0.05, 0) is 19.8 Å². The van der Waals surface area contributed by atoms with Gasteiger partial charge in [-0.1, -0.05) is 0 Å². The molecule has 0 atom stereocenters. The lowest BCUT2D eigenvalue weighted by molar-refractivity contribution is 0.0302. The summed E-state index contributed by atoms with van der Waals surface area (Å²) in [6.07, 6.45) is 1.54. The van der Waals surface area contributed by atoms with Gasteiger partial charge in [0.25, 0.3) is 5.91 Å². The van der Waals surface area contributed by atoms with E-state index in [2.05, 4.69) is 4.98 Å². The molecule has 2 aliphatic heterocycles. The van der Waals surface area contributed by atoms with Gasteiger partial charge in [0, 0.05) is 19.6 Å². The number of aryl methyl sites for hydroxylation is 1. The summed E-state index contributed by atoms with van der Waals surface area (Å²) in [5.74, 6) is 0.364. The molecule has 1 fully saturated rings. The van der Waals surface area contributed by atoms with Gasteiger partial charge in [-0.2, -0.15) is 0 Å². The molecule has 1 amide bonds. The molecule has 0 spiro atoms. The number of thiazole rings is 1. The zero-order valence-corrected chi connectivity index (χ0v) is 14.1. The van der Waals surface area contributed by atoms with E-state index >= 15 is 0 Å². The molecule has 22 heavy (non-hydrogen) atoms. The maximum Gasteiger partial charge on any atom is 0.283 e. The second-order valence-electron chi connectivity index (χ2n) is 5.25. The molecule has 0 aromatic carbocycles. The van der Waals surface area contributed by atoms with Gasteiger partial charge in [-0.15, -0.1) is 11.3 Å². The van der Waals surface area contributed by atoms with Crippen molar-refractivity contribution in [2.75, 3.05) is 42.9 Å². The van der Waals surface area contributed by atoms with Crippen molar-refractivity contribution in [2.24, 2.45) is 0 Å². The fourth-order valence-electron chi connectivity index (χ4n) is 2.61. The summed E-state index contributed by atoms with van der Waals surface area (Å²) in [5.41, 5.74) is 0. The average molecular weight is 345 g/mol. The van der Waals surface area contributed by atoms with Crippen molar-refractivity contribution >= 4 is 33.1 Å². The lowest BCUT2D eigenvalue weighted by atomic mass is 10.2. The van der Waals surface area contributed by atoms with Crippen molar-refractivity contribution in [3.63, 3.8) is 0 Å². The Labute approximate surface area is 133 Å². The number of anilines is 1. The van der Waals surface area contributed by atoms with Crippen LogP contribution < -0.4 is 4.31 Å². The molecule has 2 aliphatic rings. The minimum atomic E-state index is -3.34. The molecular weight excluding hydrogens is 326 g/mol.